The summed E-state index contributed by atoms with van der Waals surface area (Å²) in [6.45, 7) is 0. The molecule has 0 saturated heterocycles. The molecule has 1 fully saturated rings. The maximum Gasteiger partial charge on any atom is 0.355 e. The Bertz CT molecular complexity index is 1680. The summed E-state index contributed by atoms with van der Waals surface area (Å²) in [5.41, 5.74) is 3.18. The van der Waals surface area contributed by atoms with Crippen LogP contribution in [0, 0.1) is 0 Å². The normalized spacial score (nSPS) is 13.5. The quantitative estimate of drug-likeness (QED) is 0.0795. The van der Waals surface area contributed by atoms with Crippen molar-refractivity contribution in [3.05, 3.63) is 93.8 Å². The van der Waals surface area contributed by atoms with Gasteiger partial charge in [0.2, 0.25) is 0 Å². The van der Waals surface area contributed by atoms with E-state index in [4.69, 9.17) is 16.3 Å². The number of thiophene rings is 1. The highest BCUT2D eigenvalue weighted by Gasteiger charge is 2.21. The number of carbonyl (C=O) groups is 4. The van der Waals surface area contributed by atoms with E-state index in [1.165, 1.54) is 17.6 Å². The molecule has 1 heterocycles. The Balaban J connectivity index is 1.17. The van der Waals surface area contributed by atoms with Crippen LogP contribution in [0.15, 0.2) is 77.9 Å². The zero-order chi connectivity index (χ0) is 29.5. The van der Waals surface area contributed by atoms with Gasteiger partial charge in [-0.2, -0.15) is 5.10 Å². The Morgan fingerprint density at radius 3 is 2.48 bits per heavy atom. The molecule has 214 valence electrons. The van der Waals surface area contributed by atoms with Crippen molar-refractivity contribution in [3.63, 3.8) is 0 Å². The highest BCUT2D eigenvalue weighted by molar-refractivity contribution is 7.21. The van der Waals surface area contributed by atoms with Gasteiger partial charge < -0.3 is 15.4 Å². The molecule has 1 aliphatic carbocycles. The number of benzene rings is 3. The lowest BCUT2D eigenvalue weighted by atomic mass is 9.95. The van der Waals surface area contributed by atoms with Gasteiger partial charge in [-0.25, -0.2) is 10.2 Å². The van der Waals surface area contributed by atoms with Gasteiger partial charge >= 0.3 is 17.8 Å². The minimum absolute atomic E-state index is 0.100. The summed E-state index contributed by atoms with van der Waals surface area (Å²) in [5.74, 6) is -2.63. The average Bonchev–Trinajstić information content (AvgIpc) is 3.34. The summed E-state index contributed by atoms with van der Waals surface area (Å²) in [6, 6.07) is 20.5. The third kappa shape index (κ3) is 7.02. The first-order valence-electron chi connectivity index (χ1n) is 13.4. The van der Waals surface area contributed by atoms with Gasteiger partial charge in [0.1, 0.15) is 10.6 Å². The van der Waals surface area contributed by atoms with Crippen molar-refractivity contribution in [1.29, 1.82) is 0 Å². The van der Waals surface area contributed by atoms with Gasteiger partial charge in [0.25, 0.3) is 5.91 Å². The average molecular weight is 603 g/mol. The molecule has 1 saturated carbocycles. The SMILES string of the molecule is O=C(NN=Cc1cccc(OC(=O)c2sc3ccccc3c2Cl)c1)C(=O)Nc1ccccc1C(=O)NC1CCCCC1. The fourth-order valence-electron chi connectivity index (χ4n) is 4.65. The second kappa shape index (κ2) is 13.4. The molecule has 3 N–H and O–H groups in total. The number of fused-ring (bicyclic) bond motifs is 1. The fraction of sp³-hybridized carbons (Fsp3) is 0.194. The Morgan fingerprint density at radius 1 is 0.905 bits per heavy atom. The molecule has 0 aliphatic heterocycles. The summed E-state index contributed by atoms with van der Waals surface area (Å²) in [5, 5.41) is 10.5. The third-order valence-electron chi connectivity index (χ3n) is 6.74. The van der Waals surface area contributed by atoms with Gasteiger partial charge in [-0.15, -0.1) is 11.3 Å². The van der Waals surface area contributed by atoms with Gasteiger partial charge in [-0.05, 0) is 48.7 Å². The molecule has 11 heteroatoms. The molecule has 3 aromatic carbocycles. The number of hydrogen-bond acceptors (Lipinski definition) is 7. The van der Waals surface area contributed by atoms with E-state index in [1.54, 1.807) is 48.5 Å². The molecule has 3 amide bonds. The molecule has 0 radical (unpaired) electrons. The van der Waals surface area contributed by atoms with Gasteiger partial charge in [0.15, 0.2) is 0 Å². The van der Waals surface area contributed by atoms with Crippen molar-refractivity contribution in [2.75, 3.05) is 5.32 Å². The lowest BCUT2D eigenvalue weighted by molar-refractivity contribution is -0.136. The second-order valence-corrected chi connectivity index (χ2v) is 11.1. The van der Waals surface area contributed by atoms with Gasteiger partial charge in [-0.1, -0.05) is 73.3 Å². The van der Waals surface area contributed by atoms with Crippen LogP contribution >= 0.6 is 22.9 Å². The van der Waals surface area contributed by atoms with Crippen LogP contribution < -0.4 is 20.8 Å². The standard InChI is InChI=1S/C31H27ClN4O5S/c32-26-23-14-5-7-16-25(23)42-27(26)31(40)41-21-12-8-9-19(17-21)18-33-36-30(39)29(38)35-24-15-6-4-13-22(24)28(37)34-20-10-2-1-3-11-20/h4-9,12-18,20H,1-3,10-11H2,(H,34,37)(H,35,38)(H,36,39). The molecule has 0 unspecified atom stereocenters. The number of rotatable bonds is 7. The minimum Gasteiger partial charge on any atom is -0.422 e. The number of halogens is 1. The summed E-state index contributed by atoms with van der Waals surface area (Å²) in [7, 11) is 0. The second-order valence-electron chi connectivity index (χ2n) is 9.71. The molecular formula is C31H27ClN4O5S. The van der Waals surface area contributed by atoms with E-state index in [-0.39, 0.29) is 28.9 Å². The van der Waals surface area contributed by atoms with Crippen molar-refractivity contribution in [3.8, 4) is 5.75 Å². The van der Waals surface area contributed by atoms with E-state index in [0.29, 0.717) is 15.5 Å². The van der Waals surface area contributed by atoms with Gasteiger partial charge in [0.05, 0.1) is 22.5 Å². The molecule has 0 spiro atoms. The molecule has 1 aliphatic rings. The molecule has 0 bridgehead atoms. The van der Waals surface area contributed by atoms with Crippen LogP contribution in [0.2, 0.25) is 5.02 Å². The van der Waals surface area contributed by atoms with Crippen molar-refractivity contribution < 1.29 is 23.9 Å². The van der Waals surface area contributed by atoms with Crippen LogP contribution in [-0.4, -0.2) is 35.9 Å². The minimum atomic E-state index is -1.02. The monoisotopic (exact) mass is 602 g/mol. The summed E-state index contributed by atoms with van der Waals surface area (Å²) < 4.78 is 6.38. The Hall–Kier alpha value is -4.54. The zero-order valence-electron chi connectivity index (χ0n) is 22.4. The predicted molar refractivity (Wildman–Crippen MR) is 163 cm³/mol. The van der Waals surface area contributed by atoms with Crippen LogP contribution in [0.1, 0.15) is 57.7 Å². The number of amides is 3. The maximum absolute atomic E-state index is 12.8. The van der Waals surface area contributed by atoms with Gasteiger partial charge in [0, 0.05) is 16.1 Å². The first-order valence-corrected chi connectivity index (χ1v) is 14.6. The number of nitrogens with one attached hydrogen (secondary N) is 3. The van der Waals surface area contributed by atoms with Crippen LogP contribution in [-0.2, 0) is 9.59 Å². The maximum atomic E-state index is 12.8. The van der Waals surface area contributed by atoms with E-state index in [2.05, 4.69) is 21.2 Å². The Morgan fingerprint density at radius 2 is 1.67 bits per heavy atom. The molecule has 4 aromatic rings. The molecule has 9 nitrogen and oxygen atoms in total. The van der Waals surface area contributed by atoms with E-state index in [9.17, 15) is 19.2 Å². The largest absolute Gasteiger partial charge is 0.422 e. The first kappa shape index (κ1) is 29.0. The number of hydrogen-bond donors (Lipinski definition) is 3. The van der Waals surface area contributed by atoms with E-state index < -0.39 is 17.8 Å². The Kier molecular flexibility index (Phi) is 9.25. The van der Waals surface area contributed by atoms with Gasteiger partial charge in [-0.3, -0.25) is 14.4 Å². The van der Waals surface area contributed by atoms with Crippen molar-refractivity contribution >= 4 is 68.6 Å². The van der Waals surface area contributed by atoms with E-state index in [0.717, 1.165) is 42.2 Å². The highest BCUT2D eigenvalue weighted by Crippen LogP contribution is 2.35. The van der Waals surface area contributed by atoms with Crippen molar-refractivity contribution in [1.82, 2.24) is 10.7 Å². The molecular weight excluding hydrogens is 576 g/mol. The van der Waals surface area contributed by atoms with Crippen LogP contribution in [0.3, 0.4) is 0 Å². The predicted octanol–water partition coefficient (Wildman–Crippen LogP) is 5.93. The number of hydrazone groups is 1. The number of carbonyl (C=O) groups excluding carboxylic acids is 4. The Labute approximate surface area is 250 Å². The summed E-state index contributed by atoms with van der Waals surface area (Å²) >= 11 is 7.63. The first-order chi connectivity index (χ1) is 20.4. The summed E-state index contributed by atoms with van der Waals surface area (Å²) in [6.07, 6.45) is 6.46. The lowest BCUT2D eigenvalue weighted by Gasteiger charge is -2.23. The number of ether oxygens (including phenoxy) is 1. The van der Waals surface area contributed by atoms with Crippen LogP contribution in [0.5, 0.6) is 5.75 Å². The topological polar surface area (TPSA) is 126 Å². The van der Waals surface area contributed by atoms with E-state index >= 15 is 0 Å². The number of anilines is 1. The third-order valence-corrected chi connectivity index (χ3v) is 8.39. The molecule has 0 atom stereocenters. The molecule has 42 heavy (non-hydrogen) atoms. The van der Waals surface area contributed by atoms with Crippen molar-refractivity contribution in [2.24, 2.45) is 5.10 Å². The van der Waals surface area contributed by atoms with E-state index in [1.807, 2.05) is 24.3 Å². The fourth-order valence-corrected chi connectivity index (χ4v) is 6.04. The lowest BCUT2D eigenvalue weighted by Crippen LogP contribution is -2.37. The number of esters is 1. The van der Waals surface area contributed by atoms with Crippen molar-refractivity contribution in [2.45, 2.75) is 38.1 Å². The van der Waals surface area contributed by atoms with Crippen LogP contribution in [0.4, 0.5) is 5.69 Å². The van der Waals surface area contributed by atoms with Crippen LogP contribution in [0.25, 0.3) is 10.1 Å². The molecule has 5 rings (SSSR count). The molecule has 1 aromatic heterocycles. The smallest absolute Gasteiger partial charge is 0.355 e. The zero-order valence-corrected chi connectivity index (χ0v) is 24.0. The number of para-hydroxylation sites is 1. The summed E-state index contributed by atoms with van der Waals surface area (Å²) in [4.78, 5) is 50.8. The number of nitrogens with zero attached hydrogens (tertiary/aromatic N) is 1. The highest BCUT2D eigenvalue weighted by atomic mass is 35.5.